The molecule has 2 aromatic carbocycles. The van der Waals surface area contributed by atoms with Gasteiger partial charge in [0, 0.05) is 31.7 Å². The third-order valence-electron chi connectivity index (χ3n) is 5.64. The van der Waals surface area contributed by atoms with E-state index < -0.39 is 6.10 Å². The number of para-hydroxylation sites is 2. The number of piperazine rings is 1. The summed E-state index contributed by atoms with van der Waals surface area (Å²) in [4.78, 5) is 35.0. The van der Waals surface area contributed by atoms with Crippen molar-refractivity contribution < 1.29 is 19.1 Å². The first-order valence-electron chi connectivity index (χ1n) is 10.6. The summed E-state index contributed by atoms with van der Waals surface area (Å²) in [6.45, 7) is 3.97. The lowest BCUT2D eigenvalue weighted by Gasteiger charge is -2.37. The molecule has 0 bridgehead atoms. The van der Waals surface area contributed by atoms with Gasteiger partial charge in [-0.3, -0.25) is 9.59 Å². The Morgan fingerprint density at radius 3 is 2.34 bits per heavy atom. The van der Waals surface area contributed by atoms with E-state index in [-0.39, 0.29) is 18.4 Å². The van der Waals surface area contributed by atoms with Gasteiger partial charge < -0.3 is 19.3 Å². The van der Waals surface area contributed by atoms with Gasteiger partial charge in [-0.15, -0.1) is 11.3 Å². The molecule has 3 aromatic rings. The van der Waals surface area contributed by atoms with Crippen molar-refractivity contribution in [3.63, 3.8) is 0 Å². The fourth-order valence-corrected chi connectivity index (χ4v) is 4.89. The van der Waals surface area contributed by atoms with Gasteiger partial charge in [0.1, 0.15) is 11.5 Å². The zero-order chi connectivity index (χ0) is 22.1. The highest BCUT2D eigenvalue weighted by Crippen LogP contribution is 2.32. The number of amides is 2. The van der Waals surface area contributed by atoms with Gasteiger partial charge in [0.25, 0.3) is 11.8 Å². The van der Waals surface area contributed by atoms with E-state index in [2.05, 4.69) is 4.98 Å². The van der Waals surface area contributed by atoms with E-state index in [4.69, 9.17) is 9.47 Å². The van der Waals surface area contributed by atoms with Gasteiger partial charge in [-0.2, -0.15) is 0 Å². The molecule has 1 atom stereocenters. The van der Waals surface area contributed by atoms with Crippen LogP contribution in [-0.4, -0.2) is 65.5 Å². The Morgan fingerprint density at radius 2 is 1.59 bits per heavy atom. The van der Waals surface area contributed by atoms with Crippen molar-refractivity contribution in [3.8, 4) is 22.8 Å². The molecule has 0 unspecified atom stereocenters. The van der Waals surface area contributed by atoms with Crippen LogP contribution in [0.3, 0.4) is 0 Å². The maximum absolute atomic E-state index is 13.3. The minimum absolute atomic E-state index is 0.0345. The normalized spacial score (nSPS) is 17.8. The summed E-state index contributed by atoms with van der Waals surface area (Å²) in [5.41, 5.74) is 1.66. The van der Waals surface area contributed by atoms with E-state index in [9.17, 15) is 9.59 Å². The van der Waals surface area contributed by atoms with Crippen LogP contribution in [0.25, 0.3) is 11.3 Å². The molecule has 5 rings (SSSR count). The highest BCUT2D eigenvalue weighted by molar-refractivity contribution is 7.14. The number of hydrogen-bond acceptors (Lipinski definition) is 6. The molecule has 0 N–H and O–H groups in total. The lowest BCUT2D eigenvalue weighted by atomic mass is 10.1. The third kappa shape index (κ3) is 3.93. The Hall–Kier alpha value is -3.39. The summed E-state index contributed by atoms with van der Waals surface area (Å²) in [5.74, 6) is 1.10. The Kier molecular flexibility index (Phi) is 5.53. The van der Waals surface area contributed by atoms with Crippen LogP contribution in [0.15, 0.2) is 54.6 Å². The molecule has 32 heavy (non-hydrogen) atoms. The number of hydrogen-bond donors (Lipinski definition) is 0. The Labute approximate surface area is 190 Å². The molecule has 1 saturated heterocycles. The van der Waals surface area contributed by atoms with Gasteiger partial charge >= 0.3 is 0 Å². The number of nitrogens with zero attached hydrogens (tertiary/aromatic N) is 3. The fraction of sp³-hybridized carbons (Fsp3) is 0.292. The summed E-state index contributed by atoms with van der Waals surface area (Å²) in [6, 6.07) is 17.1. The zero-order valence-electron chi connectivity index (χ0n) is 17.7. The molecule has 2 amide bonds. The van der Waals surface area contributed by atoms with Gasteiger partial charge in [-0.25, -0.2) is 4.98 Å². The number of carbonyl (C=O) groups excluding carboxylic acids is 2. The first-order chi connectivity index (χ1) is 15.6. The molecule has 1 aromatic heterocycles. The average Bonchev–Trinajstić information content (AvgIpc) is 3.25. The van der Waals surface area contributed by atoms with Gasteiger partial charge in [0.15, 0.2) is 11.5 Å². The van der Waals surface area contributed by atoms with Crippen molar-refractivity contribution >= 4 is 23.2 Å². The van der Waals surface area contributed by atoms with E-state index in [0.29, 0.717) is 42.6 Å². The molecular formula is C24H23N3O4S. The molecule has 0 spiro atoms. The van der Waals surface area contributed by atoms with E-state index >= 15 is 0 Å². The molecule has 0 saturated carbocycles. The van der Waals surface area contributed by atoms with E-state index in [1.807, 2.05) is 55.5 Å². The maximum atomic E-state index is 13.3. The van der Waals surface area contributed by atoms with Crippen LogP contribution < -0.4 is 9.47 Å². The number of aryl methyl sites for hydroxylation is 1. The standard InChI is InChI=1S/C24H23N3O4S/c1-16-25-21(17-7-3-2-4-8-17)22(32-16)24(29)27-13-11-26(12-14-27)23(28)20-15-30-18-9-5-6-10-19(18)31-20/h2-10,20H,11-15H2,1H3/t20-/m0/s1. The molecular weight excluding hydrogens is 426 g/mol. The van der Waals surface area contributed by atoms with Crippen LogP contribution in [0.5, 0.6) is 11.5 Å². The molecule has 2 aliphatic heterocycles. The van der Waals surface area contributed by atoms with Crippen LogP contribution >= 0.6 is 11.3 Å². The summed E-state index contributed by atoms with van der Waals surface area (Å²) >= 11 is 1.41. The number of rotatable bonds is 3. The van der Waals surface area contributed by atoms with Crippen LogP contribution in [0.4, 0.5) is 0 Å². The van der Waals surface area contributed by atoms with Gasteiger partial charge in [0.05, 0.1) is 10.7 Å². The number of benzene rings is 2. The number of fused-ring (bicyclic) bond motifs is 1. The van der Waals surface area contributed by atoms with Gasteiger partial charge in [0.2, 0.25) is 6.10 Å². The summed E-state index contributed by atoms with van der Waals surface area (Å²) in [7, 11) is 0. The number of aromatic nitrogens is 1. The highest BCUT2D eigenvalue weighted by atomic mass is 32.1. The SMILES string of the molecule is Cc1nc(-c2ccccc2)c(C(=O)N2CCN(C(=O)[C@@H]3COc4ccccc4O3)CC2)s1. The van der Waals surface area contributed by atoms with Crippen molar-refractivity contribution in [2.75, 3.05) is 32.8 Å². The van der Waals surface area contributed by atoms with E-state index in [0.717, 1.165) is 16.3 Å². The second-order valence-corrected chi connectivity index (χ2v) is 8.96. The molecule has 2 aliphatic rings. The molecule has 0 aliphatic carbocycles. The molecule has 0 radical (unpaired) electrons. The fourth-order valence-electron chi connectivity index (χ4n) is 3.98. The van der Waals surface area contributed by atoms with E-state index in [1.165, 1.54) is 11.3 Å². The number of ether oxygens (including phenoxy) is 2. The summed E-state index contributed by atoms with van der Waals surface area (Å²) < 4.78 is 11.5. The largest absolute Gasteiger partial charge is 0.485 e. The minimum atomic E-state index is -0.666. The highest BCUT2D eigenvalue weighted by Gasteiger charge is 2.34. The molecule has 8 heteroatoms. The van der Waals surface area contributed by atoms with Crippen molar-refractivity contribution in [2.45, 2.75) is 13.0 Å². The van der Waals surface area contributed by atoms with Crippen LogP contribution in [0.1, 0.15) is 14.7 Å². The van der Waals surface area contributed by atoms with Crippen LogP contribution in [0.2, 0.25) is 0 Å². The Balaban J connectivity index is 1.24. The Bertz CT molecular complexity index is 1140. The van der Waals surface area contributed by atoms with Gasteiger partial charge in [-0.1, -0.05) is 42.5 Å². The van der Waals surface area contributed by atoms with E-state index in [1.54, 1.807) is 15.9 Å². The lowest BCUT2D eigenvalue weighted by molar-refractivity contribution is -0.142. The predicted octanol–water partition coefficient (Wildman–Crippen LogP) is 3.24. The Morgan fingerprint density at radius 1 is 0.938 bits per heavy atom. The quantitative estimate of drug-likeness (QED) is 0.614. The second kappa shape index (κ2) is 8.63. The first-order valence-corrected chi connectivity index (χ1v) is 11.4. The van der Waals surface area contributed by atoms with Crippen molar-refractivity contribution in [1.82, 2.24) is 14.8 Å². The first kappa shape index (κ1) is 20.5. The maximum Gasteiger partial charge on any atom is 0.267 e. The second-order valence-electron chi connectivity index (χ2n) is 7.76. The van der Waals surface area contributed by atoms with Crippen LogP contribution in [0, 0.1) is 6.92 Å². The summed E-state index contributed by atoms with van der Waals surface area (Å²) in [5, 5.41) is 0.857. The zero-order valence-corrected chi connectivity index (χ0v) is 18.5. The predicted molar refractivity (Wildman–Crippen MR) is 121 cm³/mol. The van der Waals surface area contributed by atoms with Crippen molar-refractivity contribution in [3.05, 3.63) is 64.5 Å². The number of thiazole rings is 1. The smallest absolute Gasteiger partial charge is 0.267 e. The molecule has 164 valence electrons. The average molecular weight is 450 g/mol. The molecule has 7 nitrogen and oxygen atoms in total. The monoisotopic (exact) mass is 449 g/mol. The number of carbonyl (C=O) groups is 2. The van der Waals surface area contributed by atoms with Gasteiger partial charge in [-0.05, 0) is 19.1 Å². The topological polar surface area (TPSA) is 72.0 Å². The lowest BCUT2D eigenvalue weighted by Crippen LogP contribution is -2.55. The van der Waals surface area contributed by atoms with Crippen LogP contribution in [-0.2, 0) is 4.79 Å². The van der Waals surface area contributed by atoms with Crippen molar-refractivity contribution in [2.24, 2.45) is 0 Å². The molecule has 1 fully saturated rings. The third-order valence-corrected chi connectivity index (χ3v) is 6.60. The minimum Gasteiger partial charge on any atom is -0.485 e. The summed E-state index contributed by atoms with van der Waals surface area (Å²) in [6.07, 6.45) is -0.666. The molecule has 3 heterocycles. The van der Waals surface area contributed by atoms with Crippen molar-refractivity contribution in [1.29, 1.82) is 0 Å².